The number of phenolic OH excluding ortho intramolecular Hbond substituents is 5. The Morgan fingerprint density at radius 3 is 1.64 bits per heavy atom. The Kier molecular flexibility index (Phi) is 11.0. The van der Waals surface area contributed by atoms with Crippen molar-refractivity contribution in [1.82, 2.24) is 0 Å². The number of methoxy groups -OCH3 is 4. The Bertz CT molecular complexity index is 1580. The molecule has 0 heterocycles. The Balaban J connectivity index is 2.36. The fraction of sp³-hybridized carbons (Fsp3) is 0.412. The van der Waals surface area contributed by atoms with E-state index in [-0.39, 0.29) is 46.4 Å². The zero-order chi connectivity index (χ0) is 33.7. The summed E-state index contributed by atoms with van der Waals surface area (Å²) in [6, 6.07) is 3.22. The molecule has 0 bridgehead atoms. The van der Waals surface area contributed by atoms with Crippen LogP contribution in [0, 0.1) is 12.8 Å². The normalized spacial score (nSPS) is 11.6. The molecule has 0 fully saturated rings. The lowest BCUT2D eigenvalue weighted by Gasteiger charge is -2.22. The van der Waals surface area contributed by atoms with Gasteiger partial charge in [0.15, 0.2) is 23.1 Å². The van der Waals surface area contributed by atoms with Crippen LogP contribution in [0.15, 0.2) is 12.1 Å². The summed E-state index contributed by atoms with van der Waals surface area (Å²) in [5, 5.41) is 56.8. The zero-order valence-electron chi connectivity index (χ0n) is 27.0. The average molecular weight is 627 g/mol. The van der Waals surface area contributed by atoms with E-state index in [9.17, 15) is 35.1 Å². The first kappa shape index (κ1) is 34.7. The summed E-state index contributed by atoms with van der Waals surface area (Å²) in [4.78, 5) is 26.5. The number of aromatic hydroxyl groups is 5. The van der Waals surface area contributed by atoms with E-state index in [1.165, 1.54) is 35.4 Å². The molecule has 0 aliphatic carbocycles. The maximum Gasteiger partial charge on any atom is 0.203 e. The highest BCUT2D eigenvalue weighted by Crippen LogP contribution is 2.49. The molecular formula is C34H42O11. The third-order valence-electron chi connectivity index (χ3n) is 8.07. The van der Waals surface area contributed by atoms with Crippen LogP contribution >= 0.6 is 0 Å². The number of benzene rings is 3. The standard InChI is InChI=1S/C34H42O11/c1-9-11-22(35)25-30(39)20(28(37)17(4)33(25)44-7)15-21-29(38)19(31(40)26(32(21)41)27(36)16(3)10-2)12-18-13-23(42-5)34(45-8)24(14-18)43-6/h13-14,16,37-41H,9-12,15H2,1-8H3. The van der Waals surface area contributed by atoms with Gasteiger partial charge in [-0.1, -0.05) is 20.8 Å². The van der Waals surface area contributed by atoms with E-state index < -0.39 is 58.2 Å². The van der Waals surface area contributed by atoms with Gasteiger partial charge < -0.3 is 44.5 Å². The van der Waals surface area contributed by atoms with Crippen molar-refractivity contribution < 1.29 is 54.1 Å². The number of carbonyl (C=O) groups is 2. The van der Waals surface area contributed by atoms with Crippen molar-refractivity contribution >= 4 is 11.6 Å². The molecule has 11 heteroatoms. The summed E-state index contributed by atoms with van der Waals surface area (Å²) in [6.07, 6.45) is 0.327. The highest BCUT2D eigenvalue weighted by molar-refractivity contribution is 6.04. The molecule has 5 N–H and O–H groups in total. The molecule has 3 rings (SSSR count). The van der Waals surface area contributed by atoms with Crippen molar-refractivity contribution in [2.75, 3.05) is 28.4 Å². The first-order valence-corrected chi connectivity index (χ1v) is 14.6. The molecule has 45 heavy (non-hydrogen) atoms. The van der Waals surface area contributed by atoms with Crippen molar-refractivity contribution in [2.45, 2.75) is 59.8 Å². The average Bonchev–Trinajstić information content (AvgIpc) is 3.03. The molecule has 0 amide bonds. The van der Waals surface area contributed by atoms with E-state index >= 15 is 0 Å². The van der Waals surface area contributed by atoms with Crippen LogP contribution in [0.2, 0.25) is 0 Å². The van der Waals surface area contributed by atoms with Crippen molar-refractivity contribution in [3.05, 3.63) is 51.1 Å². The maximum atomic E-state index is 13.5. The highest BCUT2D eigenvalue weighted by atomic mass is 16.5. The van der Waals surface area contributed by atoms with Crippen molar-refractivity contribution in [1.29, 1.82) is 0 Å². The van der Waals surface area contributed by atoms with Gasteiger partial charge >= 0.3 is 0 Å². The summed E-state index contributed by atoms with van der Waals surface area (Å²) in [5.74, 6) is -3.56. The molecule has 0 aromatic heterocycles. The first-order valence-electron chi connectivity index (χ1n) is 14.6. The SMILES string of the molecule is CCCC(=O)c1c(O)c(Cc2c(O)c(Cc3cc(OC)c(OC)c(OC)c3)c(O)c(C(=O)C(C)CC)c2O)c(O)c(C)c1OC. The zero-order valence-corrected chi connectivity index (χ0v) is 27.0. The molecule has 11 nitrogen and oxygen atoms in total. The van der Waals surface area contributed by atoms with Crippen molar-refractivity contribution in [3.8, 4) is 51.7 Å². The van der Waals surface area contributed by atoms with Crippen LogP contribution in [-0.4, -0.2) is 65.5 Å². The number of hydrogen-bond acceptors (Lipinski definition) is 11. The largest absolute Gasteiger partial charge is 0.507 e. The quantitative estimate of drug-likeness (QED) is 0.134. The van der Waals surface area contributed by atoms with E-state index in [2.05, 4.69) is 0 Å². The van der Waals surface area contributed by atoms with Gasteiger partial charge in [-0.3, -0.25) is 9.59 Å². The van der Waals surface area contributed by atoms with Gasteiger partial charge in [0, 0.05) is 47.4 Å². The highest BCUT2D eigenvalue weighted by Gasteiger charge is 2.33. The second-order valence-electron chi connectivity index (χ2n) is 10.8. The van der Waals surface area contributed by atoms with Gasteiger partial charge in [0.2, 0.25) is 5.75 Å². The van der Waals surface area contributed by atoms with Crippen LogP contribution in [0.5, 0.6) is 51.7 Å². The van der Waals surface area contributed by atoms with Crippen LogP contribution in [0.25, 0.3) is 0 Å². The molecule has 1 unspecified atom stereocenters. The van der Waals surface area contributed by atoms with E-state index in [1.807, 2.05) is 0 Å². The van der Waals surface area contributed by atoms with E-state index in [0.717, 1.165) is 0 Å². The topological polar surface area (TPSA) is 172 Å². The van der Waals surface area contributed by atoms with Gasteiger partial charge in [0.1, 0.15) is 45.6 Å². The number of Topliss-reactive ketones (excluding diaryl/α,β-unsaturated/α-hetero) is 2. The first-order chi connectivity index (χ1) is 21.3. The summed E-state index contributed by atoms with van der Waals surface area (Å²) in [5.41, 5.74) is -0.420. The molecule has 0 spiro atoms. The van der Waals surface area contributed by atoms with Crippen LogP contribution in [0.1, 0.15) is 88.6 Å². The molecule has 244 valence electrons. The molecule has 3 aromatic rings. The summed E-state index contributed by atoms with van der Waals surface area (Å²) >= 11 is 0. The molecule has 3 aromatic carbocycles. The van der Waals surface area contributed by atoms with Gasteiger partial charge in [-0.2, -0.15) is 0 Å². The summed E-state index contributed by atoms with van der Waals surface area (Å²) in [7, 11) is 5.63. The third kappa shape index (κ3) is 6.38. The number of carbonyl (C=O) groups excluding carboxylic acids is 2. The van der Waals surface area contributed by atoms with Gasteiger partial charge in [0.05, 0.1) is 28.4 Å². The van der Waals surface area contributed by atoms with Crippen molar-refractivity contribution in [3.63, 3.8) is 0 Å². The molecule has 0 saturated heterocycles. The third-order valence-corrected chi connectivity index (χ3v) is 8.07. The Hall–Kier alpha value is -4.80. The summed E-state index contributed by atoms with van der Waals surface area (Å²) in [6.45, 7) is 6.72. The monoisotopic (exact) mass is 626 g/mol. The molecule has 0 aliphatic heterocycles. The number of phenols is 5. The van der Waals surface area contributed by atoms with Gasteiger partial charge in [-0.05, 0) is 37.5 Å². The van der Waals surface area contributed by atoms with E-state index in [1.54, 1.807) is 32.9 Å². The van der Waals surface area contributed by atoms with E-state index in [4.69, 9.17) is 18.9 Å². The predicted octanol–water partition coefficient (Wildman–Crippen LogP) is 5.95. The van der Waals surface area contributed by atoms with Crippen LogP contribution in [0.3, 0.4) is 0 Å². The Labute approximate surface area is 262 Å². The maximum absolute atomic E-state index is 13.5. The van der Waals surface area contributed by atoms with Gasteiger partial charge in [-0.15, -0.1) is 0 Å². The van der Waals surface area contributed by atoms with Gasteiger partial charge in [0.25, 0.3) is 0 Å². The Morgan fingerprint density at radius 1 is 0.689 bits per heavy atom. The lowest BCUT2D eigenvalue weighted by Crippen LogP contribution is -2.13. The van der Waals surface area contributed by atoms with Crippen LogP contribution in [-0.2, 0) is 12.8 Å². The minimum atomic E-state index is -0.711. The molecule has 1 atom stereocenters. The smallest absolute Gasteiger partial charge is 0.203 e. The van der Waals surface area contributed by atoms with Crippen molar-refractivity contribution in [2.24, 2.45) is 5.92 Å². The fourth-order valence-electron chi connectivity index (χ4n) is 5.36. The minimum absolute atomic E-state index is 0.00192. The molecular weight excluding hydrogens is 584 g/mol. The molecule has 0 aliphatic rings. The second-order valence-corrected chi connectivity index (χ2v) is 10.8. The van der Waals surface area contributed by atoms with Gasteiger partial charge in [-0.25, -0.2) is 0 Å². The molecule has 0 saturated carbocycles. The predicted molar refractivity (Wildman–Crippen MR) is 167 cm³/mol. The summed E-state index contributed by atoms with van der Waals surface area (Å²) < 4.78 is 21.6. The fourth-order valence-corrected chi connectivity index (χ4v) is 5.36. The van der Waals surface area contributed by atoms with Crippen LogP contribution in [0.4, 0.5) is 0 Å². The number of rotatable bonds is 14. The minimum Gasteiger partial charge on any atom is -0.507 e. The lowest BCUT2D eigenvalue weighted by molar-refractivity contribution is 0.0920. The number of hydrogen-bond donors (Lipinski definition) is 5. The van der Waals surface area contributed by atoms with Crippen LogP contribution < -0.4 is 18.9 Å². The molecule has 0 radical (unpaired) electrons. The number of ether oxygens (including phenoxy) is 4. The number of ketones is 2. The lowest BCUT2D eigenvalue weighted by atomic mass is 9.86. The second kappa shape index (κ2) is 14.3. The van der Waals surface area contributed by atoms with E-state index in [0.29, 0.717) is 35.7 Å². The Morgan fingerprint density at radius 2 is 1.18 bits per heavy atom.